The van der Waals surface area contributed by atoms with Gasteiger partial charge in [0, 0.05) is 21.9 Å². The third kappa shape index (κ3) is 3.16. The van der Waals surface area contributed by atoms with Crippen molar-refractivity contribution >= 4 is 27.7 Å². The van der Waals surface area contributed by atoms with Crippen LogP contribution in [0.25, 0.3) is 21.5 Å². The molecular formula is C29H26O4. The van der Waals surface area contributed by atoms with Crippen LogP contribution in [0, 0.1) is 5.92 Å². The normalized spacial score (nSPS) is 20.8. The fourth-order valence-corrected chi connectivity index (χ4v) is 5.95. The summed E-state index contributed by atoms with van der Waals surface area (Å²) in [5.74, 6) is 2.46. The summed E-state index contributed by atoms with van der Waals surface area (Å²) in [6.45, 7) is 4.33. The lowest BCUT2D eigenvalue weighted by Crippen LogP contribution is -2.17. The molecule has 4 aromatic carbocycles. The van der Waals surface area contributed by atoms with E-state index in [1.54, 1.807) is 6.07 Å². The second-order valence-corrected chi connectivity index (χ2v) is 9.45. The van der Waals surface area contributed by atoms with Crippen LogP contribution in [0.3, 0.4) is 0 Å². The zero-order chi connectivity index (χ0) is 22.7. The molecule has 1 N–H and O–H groups in total. The molecule has 2 bridgehead atoms. The molecule has 0 aromatic heterocycles. The minimum absolute atomic E-state index is 0.295. The molecule has 2 aliphatic carbocycles. The van der Waals surface area contributed by atoms with Crippen LogP contribution in [0.4, 0.5) is 4.79 Å². The van der Waals surface area contributed by atoms with Gasteiger partial charge in [0.1, 0.15) is 17.2 Å². The van der Waals surface area contributed by atoms with Crippen LogP contribution in [-0.4, -0.2) is 11.3 Å². The summed E-state index contributed by atoms with van der Waals surface area (Å²) in [4.78, 5) is 13.0. The first-order valence-corrected chi connectivity index (χ1v) is 11.7. The summed E-state index contributed by atoms with van der Waals surface area (Å²) < 4.78 is 11.6. The van der Waals surface area contributed by atoms with E-state index in [9.17, 15) is 9.90 Å². The Hall–Kier alpha value is -3.53. The molecule has 0 aliphatic heterocycles. The molecular weight excluding hydrogens is 412 g/mol. The third-order valence-corrected chi connectivity index (χ3v) is 7.55. The summed E-state index contributed by atoms with van der Waals surface area (Å²) in [5, 5.41) is 14.8. The van der Waals surface area contributed by atoms with E-state index in [2.05, 4.69) is 13.8 Å². The molecule has 4 nitrogen and oxygen atoms in total. The first kappa shape index (κ1) is 20.1. The van der Waals surface area contributed by atoms with Crippen molar-refractivity contribution in [1.29, 1.82) is 0 Å². The van der Waals surface area contributed by atoms with Gasteiger partial charge < -0.3 is 14.6 Å². The standard InChI is InChI=1S/C29H26O4/c1-3-17-8-11-22-24(13-17)28(25-20-12-16(2)23(15-20)26(25)27(22)30)33-29(31)32-21-10-9-18-6-4-5-7-19(18)14-21/h4-11,13-14,16,20,23,30H,3,12,15H2,1-2H3. The summed E-state index contributed by atoms with van der Waals surface area (Å²) in [5.41, 5.74) is 3.09. The summed E-state index contributed by atoms with van der Waals surface area (Å²) in [7, 11) is 0. The first-order chi connectivity index (χ1) is 16.0. The second-order valence-electron chi connectivity index (χ2n) is 9.45. The number of phenolic OH excluding ortho intramolecular Hbond substituents is 1. The number of ether oxygens (including phenoxy) is 2. The molecule has 0 saturated heterocycles. The molecule has 33 heavy (non-hydrogen) atoms. The lowest BCUT2D eigenvalue weighted by atomic mass is 9.81. The number of carbonyl (C=O) groups is 1. The molecule has 3 unspecified atom stereocenters. The van der Waals surface area contributed by atoms with Gasteiger partial charge in [0.15, 0.2) is 0 Å². The van der Waals surface area contributed by atoms with Gasteiger partial charge in [-0.2, -0.15) is 0 Å². The number of carbonyl (C=O) groups excluding carboxylic acids is 1. The van der Waals surface area contributed by atoms with Crippen molar-refractivity contribution in [3.05, 3.63) is 77.4 Å². The van der Waals surface area contributed by atoms with Crippen molar-refractivity contribution in [1.82, 2.24) is 0 Å². The Morgan fingerprint density at radius 3 is 2.58 bits per heavy atom. The van der Waals surface area contributed by atoms with Gasteiger partial charge in [-0.1, -0.05) is 56.3 Å². The number of hydrogen-bond acceptors (Lipinski definition) is 4. The lowest BCUT2D eigenvalue weighted by molar-refractivity contribution is 0.152. The number of rotatable bonds is 3. The van der Waals surface area contributed by atoms with Gasteiger partial charge in [-0.3, -0.25) is 0 Å². The van der Waals surface area contributed by atoms with Crippen molar-refractivity contribution in [2.45, 2.75) is 44.9 Å². The van der Waals surface area contributed by atoms with E-state index in [4.69, 9.17) is 9.47 Å². The minimum atomic E-state index is -0.753. The lowest BCUT2D eigenvalue weighted by Gasteiger charge is -2.26. The second kappa shape index (κ2) is 7.51. The highest BCUT2D eigenvalue weighted by Crippen LogP contribution is 2.62. The smallest absolute Gasteiger partial charge is 0.507 e. The van der Waals surface area contributed by atoms with Gasteiger partial charge >= 0.3 is 6.16 Å². The molecule has 0 heterocycles. The molecule has 0 spiro atoms. The fraction of sp³-hybridized carbons (Fsp3) is 0.276. The third-order valence-electron chi connectivity index (χ3n) is 7.55. The Bertz CT molecular complexity index is 1420. The van der Waals surface area contributed by atoms with Gasteiger partial charge in [0.2, 0.25) is 0 Å². The fourth-order valence-electron chi connectivity index (χ4n) is 5.95. The zero-order valence-electron chi connectivity index (χ0n) is 18.8. The molecule has 166 valence electrons. The van der Waals surface area contributed by atoms with E-state index in [1.807, 2.05) is 54.6 Å². The van der Waals surface area contributed by atoms with Crippen LogP contribution in [0.1, 0.15) is 55.2 Å². The van der Waals surface area contributed by atoms with E-state index in [0.29, 0.717) is 35.0 Å². The number of aryl methyl sites for hydroxylation is 1. The van der Waals surface area contributed by atoms with Gasteiger partial charge in [-0.25, -0.2) is 4.79 Å². The molecule has 1 fully saturated rings. The Morgan fingerprint density at radius 1 is 0.939 bits per heavy atom. The highest BCUT2D eigenvalue weighted by Gasteiger charge is 2.46. The van der Waals surface area contributed by atoms with E-state index in [0.717, 1.165) is 57.5 Å². The maximum absolute atomic E-state index is 13.0. The van der Waals surface area contributed by atoms with Crippen LogP contribution < -0.4 is 9.47 Å². The highest BCUT2D eigenvalue weighted by molar-refractivity contribution is 5.98. The number of benzene rings is 4. The quantitative estimate of drug-likeness (QED) is 0.267. The number of fused-ring (bicyclic) bond motifs is 7. The summed E-state index contributed by atoms with van der Waals surface area (Å²) >= 11 is 0. The number of hydrogen-bond donors (Lipinski definition) is 1. The van der Waals surface area contributed by atoms with E-state index >= 15 is 0 Å². The Morgan fingerprint density at radius 2 is 1.76 bits per heavy atom. The maximum Gasteiger partial charge on any atom is 0.519 e. The molecule has 0 amide bonds. The Balaban J connectivity index is 1.42. The van der Waals surface area contributed by atoms with Crippen LogP contribution in [0.15, 0.2) is 60.7 Å². The average molecular weight is 439 g/mol. The van der Waals surface area contributed by atoms with Gasteiger partial charge in [0.05, 0.1) is 0 Å². The summed E-state index contributed by atoms with van der Waals surface area (Å²) in [6.07, 6.45) is 2.15. The van der Waals surface area contributed by atoms with Crippen LogP contribution in [-0.2, 0) is 6.42 Å². The zero-order valence-corrected chi connectivity index (χ0v) is 18.8. The Labute approximate surface area is 192 Å². The summed E-state index contributed by atoms with van der Waals surface area (Å²) in [6, 6.07) is 19.5. The predicted octanol–water partition coefficient (Wildman–Crippen LogP) is 7.45. The van der Waals surface area contributed by atoms with Crippen molar-refractivity contribution < 1.29 is 19.4 Å². The van der Waals surface area contributed by atoms with Gasteiger partial charge in [-0.05, 0) is 71.6 Å². The Kier molecular flexibility index (Phi) is 4.58. The molecule has 1 saturated carbocycles. The first-order valence-electron chi connectivity index (χ1n) is 11.7. The predicted molar refractivity (Wildman–Crippen MR) is 129 cm³/mol. The maximum atomic E-state index is 13.0. The van der Waals surface area contributed by atoms with Crippen molar-refractivity contribution in [2.24, 2.45) is 5.92 Å². The van der Waals surface area contributed by atoms with Crippen molar-refractivity contribution in [3.63, 3.8) is 0 Å². The molecule has 3 atom stereocenters. The largest absolute Gasteiger partial charge is 0.519 e. The van der Waals surface area contributed by atoms with Crippen LogP contribution in [0.5, 0.6) is 17.2 Å². The molecule has 4 heteroatoms. The molecule has 4 aromatic rings. The molecule has 0 radical (unpaired) electrons. The van der Waals surface area contributed by atoms with Crippen LogP contribution in [0.2, 0.25) is 0 Å². The number of aromatic hydroxyl groups is 1. The minimum Gasteiger partial charge on any atom is -0.507 e. The monoisotopic (exact) mass is 438 g/mol. The van der Waals surface area contributed by atoms with Crippen molar-refractivity contribution in [3.8, 4) is 17.2 Å². The van der Waals surface area contributed by atoms with E-state index in [1.165, 1.54) is 0 Å². The average Bonchev–Trinajstić information content (AvgIpc) is 3.39. The van der Waals surface area contributed by atoms with E-state index < -0.39 is 6.16 Å². The van der Waals surface area contributed by atoms with E-state index in [-0.39, 0.29) is 0 Å². The van der Waals surface area contributed by atoms with Gasteiger partial charge in [-0.15, -0.1) is 0 Å². The molecule has 2 aliphatic rings. The van der Waals surface area contributed by atoms with Gasteiger partial charge in [0.25, 0.3) is 0 Å². The SMILES string of the molecule is CCc1ccc2c(O)c3c(c(OC(=O)Oc4ccc5ccccc5c4)c2c1)C1CC(C)C3C1. The topological polar surface area (TPSA) is 55.8 Å². The highest BCUT2D eigenvalue weighted by atomic mass is 16.7. The van der Waals surface area contributed by atoms with Crippen LogP contribution >= 0.6 is 0 Å². The molecule has 6 rings (SSSR count). The number of phenols is 1. The van der Waals surface area contributed by atoms with Crippen molar-refractivity contribution in [2.75, 3.05) is 0 Å².